The number of fused-ring (bicyclic) bond motifs is 1. The molecular weight excluding hydrogens is 352 g/mol. The summed E-state index contributed by atoms with van der Waals surface area (Å²) in [6, 6.07) is 14.4. The Hall–Kier alpha value is -2.95. The molecule has 0 unspecified atom stereocenters. The minimum Gasteiger partial charge on any atom is -0.322 e. The van der Waals surface area contributed by atoms with Crippen LogP contribution in [0.4, 0.5) is 11.4 Å². The number of para-hydroxylation sites is 1. The molecule has 1 aliphatic carbocycles. The van der Waals surface area contributed by atoms with Crippen molar-refractivity contribution in [2.75, 3.05) is 10.2 Å². The van der Waals surface area contributed by atoms with Crippen molar-refractivity contribution in [3.8, 4) is 0 Å². The number of carbonyl (C=O) groups is 3. The van der Waals surface area contributed by atoms with E-state index >= 15 is 0 Å². The van der Waals surface area contributed by atoms with Crippen LogP contribution in [0, 0.1) is 11.8 Å². The number of benzene rings is 2. The van der Waals surface area contributed by atoms with Gasteiger partial charge in [0, 0.05) is 11.3 Å². The molecule has 144 valence electrons. The summed E-state index contributed by atoms with van der Waals surface area (Å²) >= 11 is 0. The molecule has 2 aromatic rings. The van der Waals surface area contributed by atoms with E-state index in [1.807, 2.05) is 31.2 Å². The van der Waals surface area contributed by atoms with Crippen molar-refractivity contribution in [2.24, 2.45) is 11.8 Å². The van der Waals surface area contributed by atoms with E-state index in [9.17, 15) is 14.4 Å². The highest BCUT2D eigenvalue weighted by atomic mass is 16.2. The molecule has 5 heteroatoms. The van der Waals surface area contributed by atoms with E-state index in [0.29, 0.717) is 11.3 Å². The zero-order valence-electron chi connectivity index (χ0n) is 16.0. The van der Waals surface area contributed by atoms with E-state index in [0.717, 1.165) is 43.4 Å². The molecule has 1 N–H and O–H groups in total. The van der Waals surface area contributed by atoms with Gasteiger partial charge < -0.3 is 5.32 Å². The summed E-state index contributed by atoms with van der Waals surface area (Å²) in [5.74, 6) is -0.739. The molecule has 2 fully saturated rings. The molecule has 0 spiro atoms. The topological polar surface area (TPSA) is 66.5 Å². The summed E-state index contributed by atoms with van der Waals surface area (Å²) in [5, 5.41) is 2.94. The number of aryl methyl sites for hydroxylation is 1. The highest BCUT2D eigenvalue weighted by Crippen LogP contribution is 2.40. The normalized spacial score (nSPS) is 21.5. The van der Waals surface area contributed by atoms with Crippen molar-refractivity contribution in [1.82, 2.24) is 0 Å². The Balaban J connectivity index is 1.52. The highest BCUT2D eigenvalue weighted by Gasteiger charge is 2.48. The third-order valence-corrected chi connectivity index (χ3v) is 5.88. The Labute approximate surface area is 164 Å². The highest BCUT2D eigenvalue weighted by molar-refractivity contribution is 6.22. The summed E-state index contributed by atoms with van der Waals surface area (Å²) in [4.78, 5) is 39.3. The summed E-state index contributed by atoms with van der Waals surface area (Å²) in [7, 11) is 0. The first-order chi connectivity index (χ1) is 13.6. The minimum atomic E-state index is -0.208. The number of nitrogens with one attached hydrogen (secondary N) is 1. The molecule has 4 rings (SSSR count). The SMILES string of the molecule is CCc1ccccc1NC(=O)c1ccc(N2C(=O)[C@H]3CCCC[C@@H]3C2=O)cc1. The van der Waals surface area contributed by atoms with Crippen LogP contribution in [-0.4, -0.2) is 17.7 Å². The molecule has 0 radical (unpaired) electrons. The van der Waals surface area contributed by atoms with Gasteiger partial charge in [-0.1, -0.05) is 38.0 Å². The zero-order valence-corrected chi connectivity index (χ0v) is 16.0. The van der Waals surface area contributed by atoms with Crippen LogP contribution in [0.15, 0.2) is 48.5 Å². The quantitative estimate of drug-likeness (QED) is 0.814. The first kappa shape index (κ1) is 18.4. The van der Waals surface area contributed by atoms with Gasteiger partial charge in [0.25, 0.3) is 5.91 Å². The molecule has 0 aromatic heterocycles. The maximum atomic E-state index is 12.7. The van der Waals surface area contributed by atoms with Crippen LogP contribution in [0.25, 0.3) is 0 Å². The van der Waals surface area contributed by atoms with Crippen molar-refractivity contribution in [3.05, 3.63) is 59.7 Å². The van der Waals surface area contributed by atoms with Crippen LogP contribution in [-0.2, 0) is 16.0 Å². The van der Waals surface area contributed by atoms with Gasteiger partial charge in [-0.2, -0.15) is 0 Å². The summed E-state index contributed by atoms with van der Waals surface area (Å²) in [5.41, 5.74) is 2.91. The molecule has 2 atom stereocenters. The van der Waals surface area contributed by atoms with Crippen LogP contribution in [0.5, 0.6) is 0 Å². The fraction of sp³-hybridized carbons (Fsp3) is 0.348. The summed E-state index contributed by atoms with van der Waals surface area (Å²) in [6.07, 6.45) is 4.43. The van der Waals surface area contributed by atoms with Gasteiger partial charge in [-0.15, -0.1) is 0 Å². The maximum Gasteiger partial charge on any atom is 0.255 e. The first-order valence-corrected chi connectivity index (χ1v) is 9.97. The Morgan fingerprint density at radius 2 is 1.57 bits per heavy atom. The molecule has 1 saturated heterocycles. The first-order valence-electron chi connectivity index (χ1n) is 9.97. The number of anilines is 2. The number of nitrogens with zero attached hydrogens (tertiary/aromatic N) is 1. The Bertz CT molecular complexity index is 896. The standard InChI is InChI=1S/C23H24N2O3/c1-2-15-7-3-6-10-20(15)24-21(26)16-11-13-17(14-12-16)25-22(27)18-8-4-5-9-19(18)23(25)28/h3,6-7,10-14,18-19H,2,4-5,8-9H2,1H3,(H,24,26)/t18-,19-/m0/s1. The van der Waals surface area contributed by atoms with Crippen LogP contribution in [0.3, 0.4) is 0 Å². The molecule has 3 amide bonds. The Kier molecular flexibility index (Phi) is 4.99. The van der Waals surface area contributed by atoms with Gasteiger partial charge in [0.15, 0.2) is 0 Å². The molecule has 28 heavy (non-hydrogen) atoms. The number of amides is 3. The number of hydrogen-bond donors (Lipinski definition) is 1. The second-order valence-electron chi connectivity index (χ2n) is 7.52. The van der Waals surface area contributed by atoms with E-state index in [2.05, 4.69) is 5.32 Å². The maximum absolute atomic E-state index is 12.7. The van der Waals surface area contributed by atoms with E-state index in [-0.39, 0.29) is 29.6 Å². The average Bonchev–Trinajstić information content (AvgIpc) is 2.99. The van der Waals surface area contributed by atoms with Gasteiger partial charge in [-0.05, 0) is 55.2 Å². The van der Waals surface area contributed by atoms with E-state index in [1.165, 1.54) is 4.90 Å². The Morgan fingerprint density at radius 1 is 0.964 bits per heavy atom. The molecule has 1 saturated carbocycles. The van der Waals surface area contributed by atoms with Crippen LogP contribution in [0.2, 0.25) is 0 Å². The largest absolute Gasteiger partial charge is 0.322 e. The van der Waals surface area contributed by atoms with Gasteiger partial charge in [0.2, 0.25) is 11.8 Å². The number of rotatable bonds is 4. The second-order valence-corrected chi connectivity index (χ2v) is 7.52. The van der Waals surface area contributed by atoms with Gasteiger partial charge in [-0.3, -0.25) is 19.3 Å². The lowest BCUT2D eigenvalue weighted by molar-refractivity contribution is -0.122. The smallest absolute Gasteiger partial charge is 0.255 e. The summed E-state index contributed by atoms with van der Waals surface area (Å²) < 4.78 is 0. The van der Waals surface area contributed by atoms with Gasteiger partial charge in [0.05, 0.1) is 17.5 Å². The lowest BCUT2D eigenvalue weighted by Gasteiger charge is -2.19. The van der Waals surface area contributed by atoms with Crippen molar-refractivity contribution < 1.29 is 14.4 Å². The molecule has 1 aliphatic heterocycles. The number of hydrogen-bond acceptors (Lipinski definition) is 3. The van der Waals surface area contributed by atoms with E-state index in [4.69, 9.17) is 0 Å². The van der Waals surface area contributed by atoms with Gasteiger partial charge in [-0.25, -0.2) is 0 Å². The van der Waals surface area contributed by atoms with Crippen molar-refractivity contribution in [1.29, 1.82) is 0 Å². The van der Waals surface area contributed by atoms with E-state index < -0.39 is 0 Å². The van der Waals surface area contributed by atoms with Crippen molar-refractivity contribution >= 4 is 29.1 Å². The van der Waals surface area contributed by atoms with E-state index in [1.54, 1.807) is 24.3 Å². The fourth-order valence-corrected chi connectivity index (χ4v) is 4.32. The van der Waals surface area contributed by atoms with Crippen molar-refractivity contribution in [2.45, 2.75) is 39.0 Å². The van der Waals surface area contributed by atoms with Crippen LogP contribution in [0.1, 0.15) is 48.5 Å². The second kappa shape index (κ2) is 7.58. The molecule has 2 aromatic carbocycles. The number of carbonyl (C=O) groups excluding carboxylic acids is 3. The zero-order chi connectivity index (χ0) is 19.7. The average molecular weight is 376 g/mol. The molecule has 2 aliphatic rings. The lowest BCUT2D eigenvalue weighted by atomic mass is 9.81. The summed E-state index contributed by atoms with van der Waals surface area (Å²) in [6.45, 7) is 2.04. The van der Waals surface area contributed by atoms with Crippen molar-refractivity contribution in [3.63, 3.8) is 0 Å². The third-order valence-electron chi connectivity index (χ3n) is 5.88. The molecular formula is C23H24N2O3. The van der Waals surface area contributed by atoms with Gasteiger partial charge >= 0.3 is 0 Å². The molecule has 1 heterocycles. The third kappa shape index (κ3) is 3.21. The predicted molar refractivity (Wildman–Crippen MR) is 108 cm³/mol. The number of imide groups is 1. The Morgan fingerprint density at radius 3 is 2.18 bits per heavy atom. The lowest BCUT2D eigenvalue weighted by Crippen LogP contribution is -2.30. The molecule has 0 bridgehead atoms. The molecule has 5 nitrogen and oxygen atoms in total. The fourth-order valence-electron chi connectivity index (χ4n) is 4.32. The minimum absolute atomic E-state index is 0.0937. The van der Waals surface area contributed by atoms with Crippen LogP contribution >= 0.6 is 0 Å². The van der Waals surface area contributed by atoms with Gasteiger partial charge in [0.1, 0.15) is 0 Å². The van der Waals surface area contributed by atoms with Crippen LogP contribution < -0.4 is 10.2 Å². The monoisotopic (exact) mass is 376 g/mol. The predicted octanol–water partition coefficient (Wildman–Crippen LogP) is 4.18.